The van der Waals surface area contributed by atoms with Crippen LogP contribution in [-0.4, -0.2) is 7.11 Å². The molecule has 0 atom stereocenters. The Labute approximate surface area is 117 Å². The first-order valence-corrected chi connectivity index (χ1v) is 6.76. The van der Waals surface area contributed by atoms with E-state index in [1.54, 1.807) is 11.4 Å². The second-order valence-corrected chi connectivity index (χ2v) is 4.98. The van der Waals surface area contributed by atoms with Gasteiger partial charge in [0.15, 0.2) is 0 Å². The van der Waals surface area contributed by atoms with E-state index in [1.165, 1.54) is 24.5 Å². The van der Waals surface area contributed by atoms with Crippen LogP contribution in [0.1, 0.15) is 11.1 Å². The predicted octanol–water partition coefficient (Wildman–Crippen LogP) is 5.18. The highest BCUT2D eigenvalue weighted by Gasteiger charge is 2.30. The van der Waals surface area contributed by atoms with Crippen LogP contribution in [0.2, 0.25) is 0 Å². The molecule has 0 aliphatic carbocycles. The average molecular weight is 307 g/mol. The standard InChI is InChI=1S/C13H10ClF3OS/c1-18-11-9(6-14)7-19-12(11)8-3-2-4-10(5-8)13(15,16)17/h2-5,7H,6H2,1H3. The predicted molar refractivity (Wildman–Crippen MR) is 70.9 cm³/mol. The zero-order valence-electron chi connectivity index (χ0n) is 9.92. The van der Waals surface area contributed by atoms with Crippen LogP contribution < -0.4 is 4.74 Å². The van der Waals surface area contributed by atoms with Crippen LogP contribution in [0.15, 0.2) is 29.6 Å². The molecule has 0 amide bonds. The third-order valence-electron chi connectivity index (χ3n) is 2.62. The number of ether oxygens (including phenoxy) is 1. The first-order chi connectivity index (χ1) is 8.97. The topological polar surface area (TPSA) is 9.23 Å². The van der Waals surface area contributed by atoms with Gasteiger partial charge in [-0.15, -0.1) is 22.9 Å². The molecule has 0 bridgehead atoms. The van der Waals surface area contributed by atoms with Gasteiger partial charge in [-0.2, -0.15) is 13.2 Å². The summed E-state index contributed by atoms with van der Waals surface area (Å²) in [5.74, 6) is 0.804. The van der Waals surface area contributed by atoms with Crippen LogP contribution >= 0.6 is 22.9 Å². The highest BCUT2D eigenvalue weighted by molar-refractivity contribution is 7.14. The molecule has 102 valence electrons. The Morgan fingerprint density at radius 2 is 2.05 bits per heavy atom. The Morgan fingerprint density at radius 3 is 2.63 bits per heavy atom. The van der Waals surface area contributed by atoms with Crippen LogP contribution in [-0.2, 0) is 12.1 Å². The van der Waals surface area contributed by atoms with Gasteiger partial charge >= 0.3 is 6.18 Å². The minimum absolute atomic E-state index is 0.263. The SMILES string of the molecule is COc1c(CCl)csc1-c1cccc(C(F)(F)F)c1. The summed E-state index contributed by atoms with van der Waals surface area (Å²) in [7, 11) is 1.48. The lowest BCUT2D eigenvalue weighted by Crippen LogP contribution is -2.04. The monoisotopic (exact) mass is 306 g/mol. The summed E-state index contributed by atoms with van der Waals surface area (Å²) in [5, 5.41) is 1.79. The molecule has 0 fully saturated rings. The van der Waals surface area contributed by atoms with E-state index in [1.807, 2.05) is 0 Å². The molecule has 0 saturated heterocycles. The van der Waals surface area contributed by atoms with Crippen molar-refractivity contribution in [3.63, 3.8) is 0 Å². The van der Waals surface area contributed by atoms with Crippen molar-refractivity contribution in [3.8, 4) is 16.2 Å². The van der Waals surface area contributed by atoms with Crippen molar-refractivity contribution < 1.29 is 17.9 Å². The molecule has 2 aromatic rings. The van der Waals surface area contributed by atoms with Crippen LogP contribution in [0, 0.1) is 0 Å². The van der Waals surface area contributed by atoms with Crippen molar-refractivity contribution >= 4 is 22.9 Å². The minimum atomic E-state index is -4.35. The van der Waals surface area contributed by atoms with E-state index in [0.29, 0.717) is 16.2 Å². The second kappa shape index (κ2) is 5.43. The van der Waals surface area contributed by atoms with Crippen molar-refractivity contribution in [2.75, 3.05) is 7.11 Å². The first-order valence-electron chi connectivity index (χ1n) is 5.35. The van der Waals surface area contributed by atoms with Gasteiger partial charge in [0.1, 0.15) is 5.75 Å². The number of alkyl halides is 4. The summed E-state index contributed by atoms with van der Waals surface area (Å²) >= 11 is 7.08. The molecule has 1 heterocycles. The Bertz CT molecular complexity index is 578. The van der Waals surface area contributed by atoms with Gasteiger partial charge in [-0.05, 0) is 23.1 Å². The molecule has 0 spiro atoms. The molecular formula is C13H10ClF3OS. The maximum absolute atomic E-state index is 12.7. The lowest BCUT2D eigenvalue weighted by Gasteiger charge is -2.09. The van der Waals surface area contributed by atoms with Gasteiger partial charge in [0.25, 0.3) is 0 Å². The molecule has 0 radical (unpaired) electrons. The van der Waals surface area contributed by atoms with Crippen molar-refractivity contribution in [1.82, 2.24) is 0 Å². The molecule has 0 N–H and O–H groups in total. The fourth-order valence-electron chi connectivity index (χ4n) is 1.73. The van der Waals surface area contributed by atoms with Gasteiger partial charge in [0.2, 0.25) is 0 Å². The van der Waals surface area contributed by atoms with Crippen molar-refractivity contribution in [2.45, 2.75) is 12.1 Å². The molecule has 6 heteroatoms. The number of hydrogen-bond acceptors (Lipinski definition) is 2. The summed E-state index contributed by atoms with van der Waals surface area (Å²) in [6, 6.07) is 5.18. The lowest BCUT2D eigenvalue weighted by atomic mass is 10.1. The second-order valence-electron chi connectivity index (χ2n) is 3.84. The minimum Gasteiger partial charge on any atom is -0.495 e. The highest BCUT2D eigenvalue weighted by atomic mass is 35.5. The molecule has 19 heavy (non-hydrogen) atoms. The van der Waals surface area contributed by atoms with Gasteiger partial charge in [0, 0.05) is 5.56 Å². The zero-order chi connectivity index (χ0) is 14.0. The molecule has 0 aliphatic heterocycles. The molecular weight excluding hydrogens is 297 g/mol. The molecule has 1 nitrogen and oxygen atoms in total. The number of benzene rings is 1. The number of rotatable bonds is 3. The van der Waals surface area contributed by atoms with Crippen LogP contribution in [0.3, 0.4) is 0 Å². The van der Waals surface area contributed by atoms with E-state index < -0.39 is 11.7 Å². The van der Waals surface area contributed by atoms with E-state index in [0.717, 1.165) is 17.7 Å². The smallest absolute Gasteiger partial charge is 0.416 e. The maximum Gasteiger partial charge on any atom is 0.416 e. The van der Waals surface area contributed by atoms with E-state index in [9.17, 15) is 13.2 Å². The van der Waals surface area contributed by atoms with E-state index in [4.69, 9.17) is 16.3 Å². The Hall–Kier alpha value is -1.20. The summed E-state index contributed by atoms with van der Waals surface area (Å²) in [4.78, 5) is 0.657. The summed E-state index contributed by atoms with van der Waals surface area (Å²) in [6.45, 7) is 0. The third-order valence-corrected chi connectivity index (χ3v) is 3.96. The van der Waals surface area contributed by atoms with Gasteiger partial charge in [0.05, 0.1) is 23.4 Å². The van der Waals surface area contributed by atoms with Gasteiger partial charge < -0.3 is 4.74 Å². The fourth-order valence-corrected chi connectivity index (χ4v) is 3.06. The maximum atomic E-state index is 12.7. The third kappa shape index (κ3) is 2.87. The number of hydrogen-bond donors (Lipinski definition) is 0. The summed E-state index contributed by atoms with van der Waals surface area (Å²) < 4.78 is 43.3. The van der Waals surface area contributed by atoms with Gasteiger partial charge in [-0.1, -0.05) is 12.1 Å². The van der Waals surface area contributed by atoms with E-state index >= 15 is 0 Å². The molecule has 0 aliphatic rings. The van der Waals surface area contributed by atoms with Gasteiger partial charge in [-0.25, -0.2) is 0 Å². The van der Waals surface area contributed by atoms with Crippen molar-refractivity contribution in [2.24, 2.45) is 0 Å². The van der Waals surface area contributed by atoms with Crippen LogP contribution in [0.25, 0.3) is 10.4 Å². The Morgan fingerprint density at radius 1 is 1.32 bits per heavy atom. The average Bonchev–Trinajstić information content (AvgIpc) is 2.80. The number of thiophene rings is 1. The molecule has 2 rings (SSSR count). The normalized spacial score (nSPS) is 11.6. The zero-order valence-corrected chi connectivity index (χ0v) is 11.5. The van der Waals surface area contributed by atoms with Crippen molar-refractivity contribution in [1.29, 1.82) is 0 Å². The first kappa shape index (κ1) is 14.2. The molecule has 1 aromatic carbocycles. The van der Waals surface area contributed by atoms with Crippen LogP contribution in [0.5, 0.6) is 5.75 Å². The van der Waals surface area contributed by atoms with Gasteiger partial charge in [-0.3, -0.25) is 0 Å². The number of halogens is 4. The quantitative estimate of drug-likeness (QED) is 0.710. The Balaban J connectivity index is 2.51. The summed E-state index contributed by atoms with van der Waals surface area (Å²) in [5.41, 5.74) is 0.586. The largest absolute Gasteiger partial charge is 0.495 e. The molecule has 1 aromatic heterocycles. The number of methoxy groups -OCH3 is 1. The molecule has 0 unspecified atom stereocenters. The molecule has 0 saturated carbocycles. The van der Waals surface area contributed by atoms with Crippen LogP contribution in [0.4, 0.5) is 13.2 Å². The van der Waals surface area contributed by atoms with Crippen molar-refractivity contribution in [3.05, 3.63) is 40.8 Å². The van der Waals surface area contributed by atoms with E-state index in [2.05, 4.69) is 0 Å². The fraction of sp³-hybridized carbons (Fsp3) is 0.231. The van der Waals surface area contributed by atoms with E-state index in [-0.39, 0.29) is 5.88 Å². The summed E-state index contributed by atoms with van der Waals surface area (Å²) in [6.07, 6.45) is -4.35. The Kier molecular flexibility index (Phi) is 4.06. The lowest BCUT2D eigenvalue weighted by molar-refractivity contribution is -0.137. The highest BCUT2D eigenvalue weighted by Crippen LogP contribution is 2.41.